The number of aromatic nitrogens is 2. The molecule has 0 fully saturated rings. The van der Waals surface area contributed by atoms with Gasteiger partial charge in [-0.25, -0.2) is 9.49 Å². The maximum absolute atomic E-state index is 13.5. The van der Waals surface area contributed by atoms with E-state index in [0.717, 1.165) is 0 Å². The molecule has 0 aliphatic rings. The minimum Gasteiger partial charge on any atom is -0.503 e. The Morgan fingerprint density at radius 3 is 2.89 bits per heavy atom. The van der Waals surface area contributed by atoms with E-state index in [1.807, 2.05) is 0 Å². The monoisotopic (exact) mass is 268 g/mol. The summed E-state index contributed by atoms with van der Waals surface area (Å²) in [5, 5.41) is 15.5. The average Bonchev–Trinajstić information content (AvgIpc) is 2.33. The van der Waals surface area contributed by atoms with Crippen molar-refractivity contribution >= 4 is 11.6 Å². The van der Waals surface area contributed by atoms with E-state index in [1.165, 1.54) is 18.3 Å². The third kappa shape index (κ3) is 2.51. The number of rotatable bonds is 3. The van der Waals surface area contributed by atoms with Gasteiger partial charge in [0.1, 0.15) is 5.82 Å². The van der Waals surface area contributed by atoms with Crippen molar-refractivity contribution in [1.29, 1.82) is 0 Å². The maximum atomic E-state index is 13.5. The fourth-order valence-electron chi connectivity index (χ4n) is 1.64. The van der Waals surface area contributed by atoms with Crippen LogP contribution >= 0.6 is 11.6 Å². The number of nitrogens with zero attached hydrogens (tertiary/aromatic N) is 1. The van der Waals surface area contributed by atoms with Gasteiger partial charge in [0, 0.05) is 16.1 Å². The summed E-state index contributed by atoms with van der Waals surface area (Å²) >= 11 is 5.88. The van der Waals surface area contributed by atoms with Gasteiger partial charge < -0.3 is 5.11 Å². The third-order valence-electron chi connectivity index (χ3n) is 2.61. The zero-order chi connectivity index (χ0) is 13.1. The van der Waals surface area contributed by atoms with Crippen LogP contribution in [0.1, 0.15) is 11.1 Å². The van der Waals surface area contributed by atoms with Crippen LogP contribution in [0.25, 0.3) is 0 Å². The minimum atomic E-state index is -0.660. The molecule has 0 amide bonds. The molecule has 0 aliphatic heterocycles. The highest BCUT2D eigenvalue weighted by molar-refractivity contribution is 6.31. The molecule has 1 aromatic carbocycles. The van der Waals surface area contributed by atoms with Crippen molar-refractivity contribution in [2.24, 2.45) is 0 Å². The van der Waals surface area contributed by atoms with Crippen molar-refractivity contribution in [3.8, 4) is 5.75 Å². The minimum absolute atomic E-state index is 0.281. The molecule has 4 nitrogen and oxygen atoms in total. The highest BCUT2D eigenvalue weighted by Gasteiger charge is 2.10. The molecule has 0 aliphatic carbocycles. The Morgan fingerprint density at radius 2 is 2.17 bits per heavy atom. The van der Waals surface area contributed by atoms with E-state index >= 15 is 0 Å². The second-order valence-corrected chi connectivity index (χ2v) is 4.18. The third-order valence-corrected chi connectivity index (χ3v) is 2.97. The normalized spacial score (nSPS) is 10.6. The lowest BCUT2D eigenvalue weighted by molar-refractivity contribution is 0.455. The van der Waals surface area contributed by atoms with E-state index in [0.29, 0.717) is 16.1 Å². The zero-order valence-corrected chi connectivity index (χ0v) is 10.0. The summed E-state index contributed by atoms with van der Waals surface area (Å²) in [6, 6.07) is 4.43. The highest BCUT2D eigenvalue weighted by Crippen LogP contribution is 2.21. The first-order chi connectivity index (χ1) is 8.59. The van der Waals surface area contributed by atoms with Gasteiger partial charge in [-0.15, -0.1) is 0 Å². The van der Waals surface area contributed by atoms with Gasteiger partial charge >= 0.3 is 5.56 Å². The first-order valence-corrected chi connectivity index (χ1v) is 5.66. The maximum Gasteiger partial charge on any atom is 0.306 e. The Morgan fingerprint density at radius 1 is 1.39 bits per heavy atom. The first-order valence-electron chi connectivity index (χ1n) is 5.28. The number of aromatic hydroxyl groups is 1. The molecule has 1 aromatic heterocycles. The molecule has 0 saturated heterocycles. The lowest BCUT2D eigenvalue weighted by Gasteiger charge is -2.06. The summed E-state index contributed by atoms with van der Waals surface area (Å²) < 4.78 is 13.5. The Balaban J connectivity index is 2.22. The van der Waals surface area contributed by atoms with Gasteiger partial charge in [-0.2, -0.15) is 5.10 Å². The molecule has 0 saturated carbocycles. The molecule has 0 bridgehead atoms. The number of nitrogens with one attached hydrogen (secondary N) is 1. The Hall–Kier alpha value is -1.88. The molecule has 6 heteroatoms. The fourth-order valence-corrected chi connectivity index (χ4v) is 1.90. The van der Waals surface area contributed by atoms with E-state index in [1.54, 1.807) is 6.07 Å². The van der Waals surface area contributed by atoms with Crippen molar-refractivity contribution in [2.45, 2.75) is 12.8 Å². The molecule has 0 spiro atoms. The molecule has 0 atom stereocenters. The molecular formula is C12H10ClFN2O2. The molecule has 94 valence electrons. The van der Waals surface area contributed by atoms with Crippen LogP contribution in [0.5, 0.6) is 5.75 Å². The summed E-state index contributed by atoms with van der Waals surface area (Å²) in [4.78, 5) is 11.1. The van der Waals surface area contributed by atoms with Crippen LogP contribution in [-0.4, -0.2) is 15.3 Å². The molecule has 2 rings (SSSR count). The van der Waals surface area contributed by atoms with Gasteiger partial charge in [0.2, 0.25) is 0 Å². The summed E-state index contributed by atoms with van der Waals surface area (Å²) in [6.07, 6.45) is 1.90. The van der Waals surface area contributed by atoms with Gasteiger partial charge in [0.15, 0.2) is 5.75 Å². The quantitative estimate of drug-likeness (QED) is 0.895. The molecule has 2 N–H and O–H groups in total. The van der Waals surface area contributed by atoms with Crippen molar-refractivity contribution in [3.63, 3.8) is 0 Å². The lowest BCUT2D eigenvalue weighted by atomic mass is 10.1. The van der Waals surface area contributed by atoms with Crippen LogP contribution in [0.2, 0.25) is 5.02 Å². The average molecular weight is 269 g/mol. The van der Waals surface area contributed by atoms with E-state index in [4.69, 9.17) is 11.6 Å². The van der Waals surface area contributed by atoms with Crippen molar-refractivity contribution in [2.75, 3.05) is 0 Å². The second kappa shape index (κ2) is 5.18. The van der Waals surface area contributed by atoms with Gasteiger partial charge in [0.25, 0.3) is 0 Å². The Kier molecular flexibility index (Phi) is 3.62. The van der Waals surface area contributed by atoms with Crippen molar-refractivity contribution < 1.29 is 9.50 Å². The fraction of sp³-hybridized carbons (Fsp3) is 0.167. The van der Waals surface area contributed by atoms with Crippen LogP contribution in [0.3, 0.4) is 0 Å². The summed E-state index contributed by atoms with van der Waals surface area (Å²) in [6.45, 7) is 0. The Labute approximate surface area is 107 Å². The van der Waals surface area contributed by atoms with Gasteiger partial charge in [-0.1, -0.05) is 17.7 Å². The van der Waals surface area contributed by atoms with Crippen molar-refractivity contribution in [1.82, 2.24) is 10.2 Å². The van der Waals surface area contributed by atoms with Crippen LogP contribution < -0.4 is 5.56 Å². The summed E-state index contributed by atoms with van der Waals surface area (Å²) in [5.41, 5.74) is 0.0593. The van der Waals surface area contributed by atoms with Crippen LogP contribution in [0.15, 0.2) is 29.2 Å². The number of aromatic amines is 1. The van der Waals surface area contributed by atoms with Gasteiger partial charge in [-0.05, 0) is 25.0 Å². The van der Waals surface area contributed by atoms with E-state index < -0.39 is 17.1 Å². The SMILES string of the molecule is O=c1[nH]ncc(CCc2c(F)cccc2Cl)c1O. The molecule has 0 unspecified atom stereocenters. The highest BCUT2D eigenvalue weighted by atomic mass is 35.5. The largest absolute Gasteiger partial charge is 0.503 e. The smallest absolute Gasteiger partial charge is 0.306 e. The number of hydrogen-bond donors (Lipinski definition) is 2. The first kappa shape index (κ1) is 12.6. The van der Waals surface area contributed by atoms with Crippen LogP contribution in [0.4, 0.5) is 4.39 Å². The molecule has 0 radical (unpaired) electrons. The standard InChI is InChI=1S/C12H10ClFN2O2/c13-9-2-1-3-10(14)8(9)5-4-7-6-15-16-12(18)11(7)17/h1-3,6H,4-5H2,(H,15,17)(H,16,18). The molecule has 2 aromatic rings. The molecular weight excluding hydrogens is 259 g/mol. The van der Waals surface area contributed by atoms with Gasteiger partial charge in [0.05, 0.1) is 6.20 Å². The van der Waals surface area contributed by atoms with E-state index in [-0.39, 0.29) is 12.8 Å². The number of hydrogen-bond acceptors (Lipinski definition) is 3. The molecule has 18 heavy (non-hydrogen) atoms. The Bertz CT molecular complexity index is 607. The predicted molar refractivity (Wildman–Crippen MR) is 65.3 cm³/mol. The number of H-pyrrole nitrogens is 1. The van der Waals surface area contributed by atoms with Crippen LogP contribution in [-0.2, 0) is 12.8 Å². The molecule has 1 heterocycles. The van der Waals surface area contributed by atoms with Crippen LogP contribution in [0, 0.1) is 5.82 Å². The lowest BCUT2D eigenvalue weighted by Crippen LogP contribution is -2.10. The topological polar surface area (TPSA) is 66.0 Å². The number of aryl methyl sites for hydroxylation is 1. The zero-order valence-electron chi connectivity index (χ0n) is 9.28. The van der Waals surface area contributed by atoms with Gasteiger partial charge in [-0.3, -0.25) is 4.79 Å². The number of benzene rings is 1. The van der Waals surface area contributed by atoms with E-state index in [2.05, 4.69) is 10.2 Å². The summed E-state index contributed by atoms with van der Waals surface area (Å²) in [7, 11) is 0. The summed E-state index contributed by atoms with van der Waals surface area (Å²) in [5.74, 6) is -0.794. The predicted octanol–water partition coefficient (Wildman–Crippen LogP) is 2.05. The number of halogens is 2. The van der Waals surface area contributed by atoms with E-state index in [9.17, 15) is 14.3 Å². The second-order valence-electron chi connectivity index (χ2n) is 3.77. The van der Waals surface area contributed by atoms with Crippen molar-refractivity contribution in [3.05, 3.63) is 56.7 Å².